The van der Waals surface area contributed by atoms with Crippen molar-refractivity contribution in [2.75, 3.05) is 0 Å². The maximum Gasteiger partial charge on any atom is 0.126 e. The van der Waals surface area contributed by atoms with Crippen LogP contribution in [-0.2, 0) is 5.41 Å². The lowest BCUT2D eigenvalue weighted by Crippen LogP contribution is -2.27. The van der Waals surface area contributed by atoms with E-state index in [1.807, 2.05) is 44.2 Å². The van der Waals surface area contributed by atoms with Gasteiger partial charge in [-0.2, -0.15) is 0 Å². The Hall–Kier alpha value is -1.74. The number of halogens is 2. The molecule has 2 aromatic carbocycles. The quantitative estimate of drug-likeness (QED) is 0.887. The minimum atomic E-state index is -0.986. The molecule has 0 aliphatic heterocycles. The molecular weight excluding hydrogens is 246 g/mol. The highest BCUT2D eigenvalue weighted by Crippen LogP contribution is 2.37. The maximum atomic E-state index is 13.2. The molecule has 3 heteroatoms. The summed E-state index contributed by atoms with van der Waals surface area (Å²) < 4.78 is 26.5. The first-order valence-electron chi connectivity index (χ1n) is 6.11. The Morgan fingerprint density at radius 2 is 1.47 bits per heavy atom. The molecular formula is C16H16F2O. The van der Waals surface area contributed by atoms with Crippen molar-refractivity contribution in [3.8, 4) is 0 Å². The molecule has 1 N–H and O–H groups in total. The third-order valence-corrected chi connectivity index (χ3v) is 3.40. The van der Waals surface area contributed by atoms with E-state index in [0.29, 0.717) is 0 Å². The summed E-state index contributed by atoms with van der Waals surface area (Å²) in [6.45, 7) is 3.69. The molecule has 19 heavy (non-hydrogen) atoms. The summed E-state index contributed by atoms with van der Waals surface area (Å²) in [6.07, 6.45) is -0.986. The summed E-state index contributed by atoms with van der Waals surface area (Å²) in [6, 6.07) is 12.5. The predicted octanol–water partition coefficient (Wildman–Crippen LogP) is 3.98. The summed E-state index contributed by atoms with van der Waals surface area (Å²) in [7, 11) is 0. The molecule has 0 aliphatic rings. The van der Waals surface area contributed by atoms with Crippen LogP contribution in [0.3, 0.4) is 0 Å². The lowest BCUT2D eigenvalue weighted by Gasteiger charge is -2.31. The van der Waals surface area contributed by atoms with Gasteiger partial charge in [-0.05, 0) is 23.3 Å². The van der Waals surface area contributed by atoms with Crippen molar-refractivity contribution >= 4 is 0 Å². The zero-order valence-corrected chi connectivity index (χ0v) is 10.9. The summed E-state index contributed by atoms with van der Waals surface area (Å²) in [4.78, 5) is 0. The number of hydrogen-bond acceptors (Lipinski definition) is 1. The third-order valence-electron chi connectivity index (χ3n) is 3.40. The van der Waals surface area contributed by atoms with Gasteiger partial charge in [0.2, 0.25) is 0 Å². The summed E-state index contributed by atoms with van der Waals surface area (Å²) >= 11 is 0. The van der Waals surface area contributed by atoms with Gasteiger partial charge in [0.25, 0.3) is 0 Å². The molecule has 0 bridgehead atoms. The SMILES string of the molecule is CC(C)(c1ccccc1)C(O)c1cc(F)cc(F)c1. The van der Waals surface area contributed by atoms with Crippen molar-refractivity contribution in [1.29, 1.82) is 0 Å². The first kappa shape index (κ1) is 13.7. The van der Waals surface area contributed by atoms with E-state index in [4.69, 9.17) is 0 Å². The van der Waals surface area contributed by atoms with Gasteiger partial charge in [0, 0.05) is 11.5 Å². The highest BCUT2D eigenvalue weighted by atomic mass is 19.1. The van der Waals surface area contributed by atoms with Gasteiger partial charge in [-0.15, -0.1) is 0 Å². The van der Waals surface area contributed by atoms with Crippen molar-refractivity contribution in [2.45, 2.75) is 25.4 Å². The van der Waals surface area contributed by atoms with Crippen LogP contribution in [0.15, 0.2) is 48.5 Å². The van der Waals surface area contributed by atoms with Gasteiger partial charge in [-0.25, -0.2) is 8.78 Å². The van der Waals surface area contributed by atoms with Crippen LogP contribution in [0.2, 0.25) is 0 Å². The second-order valence-corrected chi connectivity index (χ2v) is 5.19. The molecule has 100 valence electrons. The number of rotatable bonds is 3. The Morgan fingerprint density at radius 3 is 2.00 bits per heavy atom. The van der Waals surface area contributed by atoms with Crippen LogP contribution in [0, 0.1) is 11.6 Å². The molecule has 0 saturated heterocycles. The molecule has 1 unspecified atom stereocenters. The van der Waals surface area contributed by atoms with Crippen molar-refractivity contribution in [3.63, 3.8) is 0 Å². The van der Waals surface area contributed by atoms with Crippen LogP contribution in [0.25, 0.3) is 0 Å². The van der Waals surface area contributed by atoms with Crippen molar-refractivity contribution in [2.24, 2.45) is 0 Å². The Balaban J connectivity index is 2.40. The molecule has 1 nitrogen and oxygen atoms in total. The summed E-state index contributed by atoms with van der Waals surface area (Å²) in [5.41, 5.74) is 0.514. The molecule has 0 aromatic heterocycles. The standard InChI is InChI=1S/C16H16F2O/c1-16(2,12-6-4-3-5-7-12)15(19)11-8-13(17)10-14(18)9-11/h3-10,15,19H,1-2H3. The molecule has 2 rings (SSSR count). The predicted molar refractivity (Wildman–Crippen MR) is 70.8 cm³/mol. The molecule has 2 aromatic rings. The molecule has 0 amide bonds. The van der Waals surface area contributed by atoms with Gasteiger partial charge in [-0.3, -0.25) is 0 Å². The summed E-state index contributed by atoms with van der Waals surface area (Å²) in [5, 5.41) is 10.4. The van der Waals surface area contributed by atoms with E-state index in [1.54, 1.807) is 0 Å². The largest absolute Gasteiger partial charge is 0.388 e. The van der Waals surface area contributed by atoms with Gasteiger partial charge in [0.05, 0.1) is 6.10 Å². The first-order chi connectivity index (χ1) is 8.91. The van der Waals surface area contributed by atoms with Gasteiger partial charge in [0.1, 0.15) is 11.6 Å². The van der Waals surface area contributed by atoms with Gasteiger partial charge >= 0.3 is 0 Å². The lowest BCUT2D eigenvalue weighted by atomic mass is 9.77. The average Bonchev–Trinajstić information content (AvgIpc) is 2.37. The van der Waals surface area contributed by atoms with Crippen molar-refractivity contribution < 1.29 is 13.9 Å². The monoisotopic (exact) mass is 262 g/mol. The van der Waals surface area contributed by atoms with Gasteiger partial charge < -0.3 is 5.11 Å². The Kier molecular flexibility index (Phi) is 3.67. The number of aliphatic hydroxyl groups is 1. The molecule has 0 aliphatic carbocycles. The zero-order chi connectivity index (χ0) is 14.0. The average molecular weight is 262 g/mol. The van der Waals surface area contributed by atoms with Gasteiger partial charge in [0.15, 0.2) is 0 Å². The zero-order valence-electron chi connectivity index (χ0n) is 10.9. The molecule has 0 saturated carbocycles. The molecule has 0 fully saturated rings. The summed E-state index contributed by atoms with van der Waals surface area (Å²) in [5.74, 6) is -1.36. The minimum Gasteiger partial charge on any atom is -0.388 e. The molecule has 0 radical (unpaired) electrons. The van der Waals surface area contributed by atoms with E-state index in [9.17, 15) is 13.9 Å². The second kappa shape index (κ2) is 5.10. The minimum absolute atomic E-state index is 0.242. The van der Waals surface area contributed by atoms with Crippen LogP contribution < -0.4 is 0 Å². The lowest BCUT2D eigenvalue weighted by molar-refractivity contribution is 0.0996. The Bertz CT molecular complexity index is 544. The molecule has 1 atom stereocenters. The normalized spacial score (nSPS) is 13.3. The fraction of sp³-hybridized carbons (Fsp3) is 0.250. The van der Waals surface area contributed by atoms with E-state index in [0.717, 1.165) is 11.6 Å². The molecule has 0 heterocycles. The van der Waals surface area contributed by atoms with Crippen molar-refractivity contribution in [3.05, 3.63) is 71.3 Å². The number of hydrogen-bond donors (Lipinski definition) is 1. The Morgan fingerprint density at radius 1 is 0.947 bits per heavy atom. The molecule has 0 spiro atoms. The highest BCUT2D eigenvalue weighted by Gasteiger charge is 2.31. The van der Waals surface area contributed by atoms with Crippen LogP contribution in [0.5, 0.6) is 0 Å². The van der Waals surface area contributed by atoms with Crippen LogP contribution in [-0.4, -0.2) is 5.11 Å². The first-order valence-corrected chi connectivity index (χ1v) is 6.11. The maximum absolute atomic E-state index is 13.2. The van der Waals surface area contributed by atoms with Crippen molar-refractivity contribution in [1.82, 2.24) is 0 Å². The van der Waals surface area contributed by atoms with E-state index in [-0.39, 0.29) is 5.56 Å². The number of benzene rings is 2. The van der Waals surface area contributed by atoms with E-state index >= 15 is 0 Å². The number of aliphatic hydroxyl groups excluding tert-OH is 1. The van der Waals surface area contributed by atoms with Gasteiger partial charge in [-0.1, -0.05) is 44.2 Å². The van der Waals surface area contributed by atoms with Crippen LogP contribution in [0.4, 0.5) is 8.78 Å². The fourth-order valence-electron chi connectivity index (χ4n) is 2.18. The Labute approximate surface area is 111 Å². The highest BCUT2D eigenvalue weighted by molar-refractivity contribution is 5.31. The van der Waals surface area contributed by atoms with E-state index in [1.165, 1.54) is 12.1 Å². The fourth-order valence-corrected chi connectivity index (χ4v) is 2.18. The van der Waals surface area contributed by atoms with Crippen LogP contribution >= 0.6 is 0 Å². The van der Waals surface area contributed by atoms with E-state index in [2.05, 4.69) is 0 Å². The van der Waals surface area contributed by atoms with Crippen LogP contribution in [0.1, 0.15) is 31.1 Å². The second-order valence-electron chi connectivity index (χ2n) is 5.19. The smallest absolute Gasteiger partial charge is 0.126 e. The van der Waals surface area contributed by atoms with E-state index < -0.39 is 23.2 Å². The topological polar surface area (TPSA) is 20.2 Å². The third kappa shape index (κ3) is 2.82.